The summed E-state index contributed by atoms with van der Waals surface area (Å²) in [6.07, 6.45) is 5.80. The Morgan fingerprint density at radius 1 is 1.34 bits per heavy atom. The molecule has 0 aliphatic carbocycles. The zero-order valence-electron chi connectivity index (χ0n) is 17.0. The van der Waals surface area contributed by atoms with Gasteiger partial charge in [-0.2, -0.15) is 10.2 Å². The average molecular weight is 463 g/mol. The van der Waals surface area contributed by atoms with Crippen LogP contribution in [0.15, 0.2) is 29.1 Å². The van der Waals surface area contributed by atoms with Crippen molar-refractivity contribution in [3.05, 3.63) is 61.2 Å². The van der Waals surface area contributed by atoms with Gasteiger partial charge in [0.15, 0.2) is 5.65 Å². The molecule has 0 spiro atoms. The Labute approximate surface area is 191 Å². The molecule has 0 saturated carbocycles. The summed E-state index contributed by atoms with van der Waals surface area (Å²) in [5.74, 6) is 2.07. The Hall–Kier alpha value is -3.85. The Balaban J connectivity index is 2.22. The molecule has 2 N–H and O–H groups in total. The molecule has 0 unspecified atom stereocenters. The van der Waals surface area contributed by atoms with Gasteiger partial charge < -0.3 is 10.5 Å². The summed E-state index contributed by atoms with van der Waals surface area (Å²) in [4.78, 5) is 30.6. The number of ether oxygens (including phenoxy) is 1. The highest BCUT2D eigenvalue weighted by atomic mass is 35.5. The Bertz CT molecular complexity index is 1570. The molecule has 0 bridgehead atoms. The van der Waals surface area contributed by atoms with Crippen molar-refractivity contribution < 1.29 is 9.53 Å². The van der Waals surface area contributed by atoms with E-state index in [1.807, 2.05) is 0 Å². The maximum atomic E-state index is 13.0. The number of hydrogen-bond acceptors (Lipinski definition) is 7. The van der Waals surface area contributed by atoms with E-state index >= 15 is 0 Å². The SMILES string of the molecule is C#Cc1c(-c2ccc(Cl)cc2)c(C#N)c2nc(=O)c3c(C(=O)OCC)c(C)sc3n2c1N. The summed E-state index contributed by atoms with van der Waals surface area (Å²) >= 11 is 7.18. The molecule has 3 aromatic heterocycles. The zero-order valence-corrected chi connectivity index (χ0v) is 18.6. The van der Waals surface area contributed by atoms with E-state index in [-0.39, 0.29) is 40.1 Å². The number of aromatic nitrogens is 2. The molecule has 32 heavy (non-hydrogen) atoms. The van der Waals surface area contributed by atoms with E-state index in [0.717, 1.165) is 0 Å². The number of hydrogen-bond donors (Lipinski definition) is 1. The maximum Gasteiger partial charge on any atom is 0.340 e. The molecule has 0 aliphatic heterocycles. The van der Waals surface area contributed by atoms with E-state index < -0.39 is 11.5 Å². The number of carbonyl (C=O) groups excluding carboxylic acids is 1. The molecule has 4 rings (SSSR count). The second-order valence-electron chi connectivity index (χ2n) is 6.78. The molecule has 0 atom stereocenters. The predicted octanol–water partition coefficient (Wildman–Crippen LogP) is 4.15. The largest absolute Gasteiger partial charge is 0.462 e. The molecule has 3 heterocycles. The van der Waals surface area contributed by atoms with Crippen LogP contribution in [0.1, 0.15) is 33.3 Å². The molecule has 0 saturated heterocycles. The van der Waals surface area contributed by atoms with Crippen LogP contribution in [0.4, 0.5) is 5.82 Å². The lowest BCUT2D eigenvalue weighted by Gasteiger charge is -2.16. The Morgan fingerprint density at radius 2 is 2.03 bits per heavy atom. The predicted molar refractivity (Wildman–Crippen MR) is 125 cm³/mol. The van der Waals surface area contributed by atoms with Gasteiger partial charge in [-0.3, -0.25) is 9.20 Å². The lowest BCUT2D eigenvalue weighted by atomic mass is 9.96. The fraction of sp³-hybridized carbons (Fsp3) is 0.130. The number of anilines is 1. The Morgan fingerprint density at radius 3 is 2.62 bits per heavy atom. The molecule has 0 fully saturated rings. The van der Waals surface area contributed by atoms with Crippen molar-refractivity contribution in [2.75, 3.05) is 12.3 Å². The third kappa shape index (κ3) is 3.09. The molecule has 9 heteroatoms. The van der Waals surface area contributed by atoms with Gasteiger partial charge in [-0.1, -0.05) is 29.7 Å². The zero-order chi connectivity index (χ0) is 23.2. The Kier molecular flexibility index (Phi) is 5.35. The molecule has 158 valence electrons. The third-order valence-corrected chi connectivity index (χ3v) is 6.33. The number of rotatable bonds is 3. The lowest BCUT2D eigenvalue weighted by Crippen LogP contribution is -2.17. The second-order valence-corrected chi connectivity index (χ2v) is 8.42. The molecule has 0 amide bonds. The number of nitrogens with zero attached hydrogens (tertiary/aromatic N) is 3. The smallest absolute Gasteiger partial charge is 0.340 e. The fourth-order valence-corrected chi connectivity index (χ4v) is 4.93. The summed E-state index contributed by atoms with van der Waals surface area (Å²) in [6.45, 7) is 3.54. The number of thiophene rings is 1. The molecule has 1 aromatic carbocycles. The average Bonchev–Trinajstić information content (AvgIpc) is 3.11. The van der Waals surface area contributed by atoms with Crippen molar-refractivity contribution in [2.45, 2.75) is 13.8 Å². The molecule has 4 aromatic rings. The lowest BCUT2D eigenvalue weighted by molar-refractivity contribution is 0.0528. The minimum Gasteiger partial charge on any atom is -0.462 e. The number of terminal acetylenes is 1. The van der Waals surface area contributed by atoms with E-state index in [9.17, 15) is 14.9 Å². The van der Waals surface area contributed by atoms with Crippen LogP contribution in [0.3, 0.4) is 0 Å². The minimum absolute atomic E-state index is 0.0584. The second kappa shape index (κ2) is 8.01. The first-order chi connectivity index (χ1) is 15.3. The summed E-state index contributed by atoms with van der Waals surface area (Å²) < 4.78 is 6.58. The number of nitriles is 1. The summed E-state index contributed by atoms with van der Waals surface area (Å²) in [7, 11) is 0. The quantitative estimate of drug-likeness (QED) is 0.361. The fourth-order valence-electron chi connectivity index (χ4n) is 3.66. The van der Waals surface area contributed by atoms with E-state index in [4.69, 9.17) is 28.5 Å². The van der Waals surface area contributed by atoms with Gasteiger partial charge in [0.25, 0.3) is 5.56 Å². The van der Waals surface area contributed by atoms with Gasteiger partial charge in [0.1, 0.15) is 22.3 Å². The van der Waals surface area contributed by atoms with Crippen LogP contribution in [0.2, 0.25) is 5.02 Å². The number of benzene rings is 1. The van der Waals surface area contributed by atoms with Gasteiger partial charge in [-0.15, -0.1) is 17.8 Å². The van der Waals surface area contributed by atoms with Gasteiger partial charge in [-0.05, 0) is 31.5 Å². The highest BCUT2D eigenvalue weighted by molar-refractivity contribution is 7.19. The van der Waals surface area contributed by atoms with Crippen LogP contribution >= 0.6 is 22.9 Å². The van der Waals surface area contributed by atoms with Gasteiger partial charge in [-0.25, -0.2) is 4.79 Å². The molecule has 0 aliphatic rings. The van der Waals surface area contributed by atoms with Crippen molar-refractivity contribution in [3.8, 4) is 29.5 Å². The first-order valence-corrected chi connectivity index (χ1v) is 10.6. The van der Waals surface area contributed by atoms with Crippen LogP contribution < -0.4 is 11.3 Å². The third-order valence-electron chi connectivity index (χ3n) is 4.99. The summed E-state index contributed by atoms with van der Waals surface area (Å²) in [5, 5.41) is 10.6. The number of aryl methyl sites for hydroxylation is 1. The monoisotopic (exact) mass is 462 g/mol. The first kappa shape index (κ1) is 21.4. The van der Waals surface area contributed by atoms with Crippen molar-refractivity contribution in [2.24, 2.45) is 0 Å². The number of fused-ring (bicyclic) bond motifs is 3. The molecular formula is C23H15ClN4O3S. The summed E-state index contributed by atoms with van der Waals surface area (Å²) in [6, 6.07) is 8.86. The highest BCUT2D eigenvalue weighted by Gasteiger charge is 2.27. The molecule has 0 radical (unpaired) electrons. The van der Waals surface area contributed by atoms with Crippen LogP contribution in [0, 0.1) is 30.6 Å². The number of halogens is 1. The first-order valence-electron chi connectivity index (χ1n) is 9.45. The van der Waals surface area contributed by atoms with E-state index in [1.165, 1.54) is 15.7 Å². The standard InChI is InChI=1S/C23H15ClN4O3S/c1-4-14-17(12-6-8-13(24)9-7-12)15(10-25)20-27-21(29)18-16(23(30)31-5-2)11(3)32-22(18)28(20)19(14)26/h1,6-9H,5,26H2,2-3H3. The van der Waals surface area contributed by atoms with Crippen molar-refractivity contribution in [1.82, 2.24) is 9.38 Å². The van der Waals surface area contributed by atoms with Gasteiger partial charge >= 0.3 is 5.97 Å². The molecular weight excluding hydrogens is 448 g/mol. The van der Waals surface area contributed by atoms with Crippen LogP contribution in [0.5, 0.6) is 0 Å². The van der Waals surface area contributed by atoms with Crippen LogP contribution in [-0.4, -0.2) is 22.0 Å². The van der Waals surface area contributed by atoms with Crippen LogP contribution in [-0.2, 0) is 4.74 Å². The minimum atomic E-state index is -0.654. The number of pyridine rings is 1. The van der Waals surface area contributed by atoms with E-state index in [2.05, 4.69) is 17.0 Å². The van der Waals surface area contributed by atoms with Crippen molar-refractivity contribution in [1.29, 1.82) is 5.26 Å². The number of esters is 1. The van der Waals surface area contributed by atoms with Crippen molar-refractivity contribution in [3.63, 3.8) is 0 Å². The summed E-state index contributed by atoms with van der Waals surface area (Å²) in [5.41, 5.74) is 7.37. The highest BCUT2D eigenvalue weighted by Crippen LogP contribution is 2.37. The van der Waals surface area contributed by atoms with Gasteiger partial charge in [0.2, 0.25) is 0 Å². The number of nitrogens with two attached hydrogens (primary N) is 1. The van der Waals surface area contributed by atoms with E-state index in [1.54, 1.807) is 38.1 Å². The van der Waals surface area contributed by atoms with Gasteiger partial charge in [0.05, 0.1) is 23.1 Å². The van der Waals surface area contributed by atoms with E-state index in [0.29, 0.717) is 25.9 Å². The van der Waals surface area contributed by atoms with Crippen LogP contribution in [0.25, 0.3) is 27.0 Å². The number of nitrogen functional groups attached to an aromatic ring is 1. The van der Waals surface area contributed by atoms with Gasteiger partial charge in [0, 0.05) is 15.5 Å². The topological polar surface area (TPSA) is 110 Å². The normalized spacial score (nSPS) is 10.8. The van der Waals surface area contributed by atoms with Crippen molar-refractivity contribution >= 4 is 50.6 Å². The maximum absolute atomic E-state index is 13.0. The number of carbonyl (C=O) groups is 1. The molecule has 7 nitrogen and oxygen atoms in total.